The van der Waals surface area contributed by atoms with Gasteiger partial charge in [-0.3, -0.25) is 13.9 Å². The van der Waals surface area contributed by atoms with Gasteiger partial charge in [-0.05, 0) is 81.6 Å². The molecule has 10 heteroatoms. The van der Waals surface area contributed by atoms with Gasteiger partial charge in [0.25, 0.3) is 10.0 Å². The highest BCUT2D eigenvalue weighted by molar-refractivity contribution is 7.92. The van der Waals surface area contributed by atoms with E-state index in [2.05, 4.69) is 5.32 Å². The second-order valence-corrected chi connectivity index (χ2v) is 12.3. The summed E-state index contributed by atoms with van der Waals surface area (Å²) in [5.41, 5.74) is 2.46. The number of rotatable bonds is 12. The van der Waals surface area contributed by atoms with E-state index in [0.29, 0.717) is 16.3 Å². The molecular weight excluding hydrogens is 562 g/mol. The van der Waals surface area contributed by atoms with Gasteiger partial charge in [-0.2, -0.15) is 0 Å². The van der Waals surface area contributed by atoms with E-state index in [0.717, 1.165) is 21.9 Å². The third kappa shape index (κ3) is 7.80. The van der Waals surface area contributed by atoms with Crippen LogP contribution in [0.25, 0.3) is 0 Å². The van der Waals surface area contributed by atoms with Gasteiger partial charge in [0.2, 0.25) is 11.8 Å². The Hall–Kier alpha value is -3.56. The quantitative estimate of drug-likeness (QED) is 0.297. The molecule has 0 fully saturated rings. The predicted octanol–water partition coefficient (Wildman–Crippen LogP) is 5.49. The highest BCUT2D eigenvalue weighted by Crippen LogP contribution is 2.31. The van der Waals surface area contributed by atoms with Crippen molar-refractivity contribution in [3.8, 4) is 5.75 Å². The summed E-state index contributed by atoms with van der Waals surface area (Å²) in [7, 11) is -2.62. The maximum Gasteiger partial charge on any atom is 0.264 e. The first-order valence-corrected chi connectivity index (χ1v) is 15.3. The Morgan fingerprint density at radius 2 is 1.61 bits per heavy atom. The van der Waals surface area contributed by atoms with Crippen LogP contribution in [0.1, 0.15) is 43.9 Å². The Kier molecular flexibility index (Phi) is 10.8. The first-order valence-electron chi connectivity index (χ1n) is 13.5. The fraction of sp³-hybridized carbons (Fsp3) is 0.355. The molecule has 0 aliphatic carbocycles. The topological polar surface area (TPSA) is 96.0 Å². The Labute approximate surface area is 248 Å². The molecule has 41 heavy (non-hydrogen) atoms. The zero-order chi connectivity index (χ0) is 30.3. The summed E-state index contributed by atoms with van der Waals surface area (Å²) in [6.07, 6.45) is 0.724. The second-order valence-electron chi connectivity index (χ2n) is 10.1. The lowest BCUT2D eigenvalue weighted by atomic mass is 10.1. The van der Waals surface area contributed by atoms with Crippen molar-refractivity contribution in [2.75, 3.05) is 18.0 Å². The van der Waals surface area contributed by atoms with Crippen LogP contribution < -0.4 is 14.4 Å². The van der Waals surface area contributed by atoms with Crippen LogP contribution in [0.3, 0.4) is 0 Å². The summed E-state index contributed by atoms with van der Waals surface area (Å²) < 4.78 is 34.3. The highest BCUT2D eigenvalue weighted by atomic mass is 35.5. The number of carbonyl (C=O) groups excluding carboxylic acids is 2. The number of hydrogen-bond acceptors (Lipinski definition) is 5. The maximum atomic E-state index is 14.1. The normalized spacial score (nSPS) is 12.8. The summed E-state index contributed by atoms with van der Waals surface area (Å²) in [6, 6.07) is 17.5. The molecule has 8 nitrogen and oxygen atoms in total. The summed E-state index contributed by atoms with van der Waals surface area (Å²) in [5.74, 6) is -0.211. The zero-order valence-corrected chi connectivity index (χ0v) is 25.9. The molecular formula is C31H38ClN3O5S. The van der Waals surface area contributed by atoms with E-state index in [9.17, 15) is 18.0 Å². The van der Waals surface area contributed by atoms with Gasteiger partial charge in [0.05, 0.1) is 17.7 Å². The van der Waals surface area contributed by atoms with Gasteiger partial charge in [-0.15, -0.1) is 0 Å². The molecule has 0 aliphatic rings. The molecule has 0 saturated heterocycles. The Morgan fingerprint density at radius 3 is 2.20 bits per heavy atom. The van der Waals surface area contributed by atoms with Gasteiger partial charge in [0, 0.05) is 17.6 Å². The fourth-order valence-corrected chi connectivity index (χ4v) is 5.83. The molecule has 0 spiro atoms. The number of aryl methyl sites for hydroxylation is 1. The van der Waals surface area contributed by atoms with E-state index in [1.165, 1.54) is 17.0 Å². The molecule has 3 aromatic carbocycles. The van der Waals surface area contributed by atoms with E-state index >= 15 is 0 Å². The van der Waals surface area contributed by atoms with E-state index in [4.69, 9.17) is 16.3 Å². The standard InChI is InChI=1S/C31H38ClN3O5S/c1-7-22(3)33-31(37)24(5)34(19-25-13-15-26(40-6)16-14-25)30(36)20-35(29-10-8-9-28(32)23(29)4)41(38,39)27-17-11-21(2)12-18-27/h8-18,22,24H,7,19-20H2,1-6H3,(H,33,37). The van der Waals surface area contributed by atoms with Gasteiger partial charge in [-0.1, -0.05) is 54.4 Å². The second kappa shape index (κ2) is 13.9. The van der Waals surface area contributed by atoms with Crippen LogP contribution in [0.15, 0.2) is 71.6 Å². The van der Waals surface area contributed by atoms with Crippen molar-refractivity contribution in [1.82, 2.24) is 10.2 Å². The molecule has 0 aromatic heterocycles. The number of benzene rings is 3. The van der Waals surface area contributed by atoms with Crippen molar-refractivity contribution in [2.24, 2.45) is 0 Å². The van der Waals surface area contributed by atoms with Gasteiger partial charge in [0.15, 0.2) is 0 Å². The average Bonchev–Trinajstić information content (AvgIpc) is 2.96. The van der Waals surface area contributed by atoms with E-state index in [1.807, 2.05) is 20.8 Å². The summed E-state index contributed by atoms with van der Waals surface area (Å²) in [5, 5.41) is 3.30. The molecule has 2 unspecified atom stereocenters. The first-order chi connectivity index (χ1) is 19.4. The van der Waals surface area contributed by atoms with Crippen LogP contribution in [0.4, 0.5) is 5.69 Å². The van der Waals surface area contributed by atoms with Crippen LogP contribution in [0.2, 0.25) is 5.02 Å². The van der Waals surface area contributed by atoms with Crippen LogP contribution in [-0.4, -0.2) is 50.9 Å². The lowest BCUT2D eigenvalue weighted by Gasteiger charge is -2.33. The van der Waals surface area contributed by atoms with Gasteiger partial charge in [0.1, 0.15) is 18.3 Å². The predicted molar refractivity (Wildman–Crippen MR) is 163 cm³/mol. The van der Waals surface area contributed by atoms with Gasteiger partial charge < -0.3 is 15.0 Å². The van der Waals surface area contributed by atoms with Crippen molar-refractivity contribution in [1.29, 1.82) is 0 Å². The molecule has 0 bridgehead atoms. The van der Waals surface area contributed by atoms with Crippen molar-refractivity contribution >= 4 is 39.1 Å². The number of amides is 2. The Bertz CT molecular complexity index is 1460. The molecule has 0 saturated carbocycles. The number of nitrogens with zero attached hydrogens (tertiary/aromatic N) is 2. The molecule has 0 heterocycles. The van der Waals surface area contributed by atoms with Crippen LogP contribution >= 0.6 is 11.6 Å². The minimum absolute atomic E-state index is 0.0412. The third-order valence-corrected chi connectivity index (χ3v) is 9.26. The minimum Gasteiger partial charge on any atom is -0.497 e. The van der Waals surface area contributed by atoms with Crippen molar-refractivity contribution in [3.05, 3.63) is 88.4 Å². The summed E-state index contributed by atoms with van der Waals surface area (Å²) >= 11 is 6.38. The molecule has 1 N–H and O–H groups in total. The summed E-state index contributed by atoms with van der Waals surface area (Å²) in [6.45, 7) is 8.61. The number of methoxy groups -OCH3 is 1. The number of nitrogens with one attached hydrogen (secondary N) is 1. The molecule has 2 amide bonds. The third-order valence-electron chi connectivity index (χ3n) is 7.08. The SMILES string of the molecule is CCC(C)NC(=O)C(C)N(Cc1ccc(OC)cc1)C(=O)CN(c1cccc(Cl)c1C)S(=O)(=O)c1ccc(C)cc1. The number of carbonyl (C=O) groups is 2. The van der Waals surface area contributed by atoms with Crippen molar-refractivity contribution < 1.29 is 22.7 Å². The van der Waals surface area contributed by atoms with Gasteiger partial charge >= 0.3 is 0 Å². The fourth-order valence-electron chi connectivity index (χ4n) is 4.19. The largest absolute Gasteiger partial charge is 0.497 e. The Balaban J connectivity index is 2.06. The summed E-state index contributed by atoms with van der Waals surface area (Å²) in [4.78, 5) is 28.7. The highest BCUT2D eigenvalue weighted by Gasteiger charge is 2.33. The number of halogens is 1. The first kappa shape index (κ1) is 32.0. The molecule has 3 rings (SSSR count). The lowest BCUT2D eigenvalue weighted by molar-refractivity contribution is -0.139. The molecule has 0 aliphatic heterocycles. The minimum atomic E-state index is -4.18. The molecule has 220 valence electrons. The number of anilines is 1. The molecule has 0 radical (unpaired) electrons. The average molecular weight is 600 g/mol. The molecule has 3 aromatic rings. The van der Waals surface area contributed by atoms with Crippen molar-refractivity contribution in [2.45, 2.75) is 64.6 Å². The van der Waals surface area contributed by atoms with E-state index in [1.54, 1.807) is 75.6 Å². The monoisotopic (exact) mass is 599 g/mol. The number of hydrogen-bond donors (Lipinski definition) is 1. The van der Waals surface area contributed by atoms with Gasteiger partial charge in [-0.25, -0.2) is 8.42 Å². The maximum absolute atomic E-state index is 14.1. The van der Waals surface area contributed by atoms with Crippen molar-refractivity contribution in [3.63, 3.8) is 0 Å². The van der Waals surface area contributed by atoms with E-state index in [-0.39, 0.29) is 29.1 Å². The number of sulfonamides is 1. The molecule has 2 atom stereocenters. The van der Waals surface area contributed by atoms with Crippen LogP contribution in [0.5, 0.6) is 5.75 Å². The van der Waals surface area contributed by atoms with E-state index < -0.39 is 28.5 Å². The smallest absolute Gasteiger partial charge is 0.264 e. The Morgan fingerprint density at radius 1 is 0.976 bits per heavy atom. The van der Waals surface area contributed by atoms with Crippen LogP contribution in [0, 0.1) is 13.8 Å². The lowest BCUT2D eigenvalue weighted by Crippen LogP contribution is -2.52. The van der Waals surface area contributed by atoms with Crippen LogP contribution in [-0.2, 0) is 26.2 Å². The number of ether oxygens (including phenoxy) is 1. The zero-order valence-electron chi connectivity index (χ0n) is 24.3.